The number of anilines is 1. The lowest BCUT2D eigenvalue weighted by molar-refractivity contribution is 0.0636. The Balaban J connectivity index is 1.99. The molecule has 3 aromatic rings. The van der Waals surface area contributed by atoms with Crippen molar-refractivity contribution in [2.75, 3.05) is 12.4 Å². The molecule has 0 atom stereocenters. The second-order valence-electron chi connectivity index (χ2n) is 6.62. The monoisotopic (exact) mass is 390 g/mol. The molecule has 1 amide bonds. The lowest BCUT2D eigenvalue weighted by Crippen LogP contribution is -2.27. The number of ether oxygens (including phenoxy) is 2. The Kier molecular flexibility index (Phi) is 5.07. The van der Waals surface area contributed by atoms with E-state index < -0.39 is 11.7 Å². The summed E-state index contributed by atoms with van der Waals surface area (Å²) >= 11 is 7.85. The fraction of sp³-hybridized carbons (Fsp3) is 0.263. The Morgan fingerprint density at radius 1 is 1.15 bits per heavy atom. The Morgan fingerprint density at radius 2 is 1.85 bits per heavy atom. The Bertz CT molecular complexity index is 963. The van der Waals surface area contributed by atoms with E-state index in [0.717, 1.165) is 21.3 Å². The van der Waals surface area contributed by atoms with Gasteiger partial charge in [-0.1, -0.05) is 47.2 Å². The summed E-state index contributed by atoms with van der Waals surface area (Å²) in [6.45, 7) is 5.44. The number of thiazole rings is 1. The number of carbonyl (C=O) groups is 1. The van der Waals surface area contributed by atoms with Crippen LogP contribution >= 0.6 is 22.9 Å². The van der Waals surface area contributed by atoms with Crippen molar-refractivity contribution in [3.05, 3.63) is 41.4 Å². The Hall–Kier alpha value is -2.31. The SMILES string of the molecule is COc1cccc(-c2cccc3nc(NC(=O)OC(C)(C)C)sc23)c1Cl. The molecular weight excluding hydrogens is 372 g/mol. The van der Waals surface area contributed by atoms with Crippen LogP contribution in [0.3, 0.4) is 0 Å². The van der Waals surface area contributed by atoms with Gasteiger partial charge in [-0.15, -0.1) is 0 Å². The van der Waals surface area contributed by atoms with Crippen LogP contribution in [0.25, 0.3) is 21.3 Å². The largest absolute Gasteiger partial charge is 0.495 e. The Labute approximate surface area is 160 Å². The van der Waals surface area contributed by atoms with Crippen molar-refractivity contribution in [2.24, 2.45) is 0 Å². The molecule has 1 N–H and O–H groups in total. The minimum atomic E-state index is -0.569. The molecule has 0 aliphatic carbocycles. The van der Waals surface area contributed by atoms with Gasteiger partial charge in [0, 0.05) is 11.1 Å². The van der Waals surface area contributed by atoms with Crippen molar-refractivity contribution in [3.63, 3.8) is 0 Å². The molecule has 26 heavy (non-hydrogen) atoms. The minimum absolute atomic E-state index is 0.473. The van der Waals surface area contributed by atoms with E-state index in [4.69, 9.17) is 21.1 Å². The van der Waals surface area contributed by atoms with Crippen molar-refractivity contribution in [1.29, 1.82) is 0 Å². The molecule has 2 aromatic carbocycles. The number of halogens is 1. The first-order valence-electron chi connectivity index (χ1n) is 8.01. The van der Waals surface area contributed by atoms with Crippen LogP contribution in [0.4, 0.5) is 9.93 Å². The molecule has 0 bridgehead atoms. The summed E-state index contributed by atoms with van der Waals surface area (Å²) in [6.07, 6.45) is -0.530. The second kappa shape index (κ2) is 7.13. The van der Waals surface area contributed by atoms with Gasteiger partial charge in [-0.2, -0.15) is 0 Å². The normalized spacial score (nSPS) is 11.4. The third kappa shape index (κ3) is 3.92. The van der Waals surface area contributed by atoms with E-state index >= 15 is 0 Å². The fourth-order valence-corrected chi connectivity index (χ4v) is 3.76. The van der Waals surface area contributed by atoms with Crippen LogP contribution in [0.5, 0.6) is 5.75 Å². The summed E-state index contributed by atoms with van der Waals surface area (Å²) in [5.41, 5.74) is 1.99. The smallest absolute Gasteiger partial charge is 0.413 e. The van der Waals surface area contributed by atoms with Gasteiger partial charge in [0.25, 0.3) is 0 Å². The second-order valence-corrected chi connectivity index (χ2v) is 8.00. The predicted molar refractivity (Wildman–Crippen MR) is 106 cm³/mol. The van der Waals surface area contributed by atoms with Crippen LogP contribution in [-0.4, -0.2) is 23.8 Å². The van der Waals surface area contributed by atoms with Gasteiger partial charge in [0.2, 0.25) is 0 Å². The molecule has 7 heteroatoms. The first-order valence-corrected chi connectivity index (χ1v) is 9.20. The van der Waals surface area contributed by atoms with Gasteiger partial charge in [0.05, 0.1) is 22.3 Å². The van der Waals surface area contributed by atoms with Gasteiger partial charge in [-0.05, 0) is 32.9 Å². The number of aromatic nitrogens is 1. The summed E-state index contributed by atoms with van der Waals surface area (Å²) in [6, 6.07) is 11.4. The van der Waals surface area contributed by atoms with Gasteiger partial charge in [-0.3, -0.25) is 5.32 Å². The molecule has 0 unspecified atom stereocenters. The number of hydrogen-bond acceptors (Lipinski definition) is 5. The molecule has 3 rings (SSSR count). The lowest BCUT2D eigenvalue weighted by Gasteiger charge is -2.18. The summed E-state index contributed by atoms with van der Waals surface area (Å²) in [5.74, 6) is 0.609. The van der Waals surface area contributed by atoms with Crippen molar-refractivity contribution in [1.82, 2.24) is 4.98 Å². The van der Waals surface area contributed by atoms with E-state index in [-0.39, 0.29) is 0 Å². The molecule has 0 radical (unpaired) electrons. The number of benzene rings is 2. The summed E-state index contributed by atoms with van der Waals surface area (Å²) < 4.78 is 11.5. The van der Waals surface area contributed by atoms with E-state index in [1.807, 2.05) is 57.2 Å². The molecule has 0 saturated carbocycles. The molecule has 0 aliphatic heterocycles. The van der Waals surface area contributed by atoms with Crippen molar-refractivity contribution < 1.29 is 14.3 Å². The van der Waals surface area contributed by atoms with E-state index in [1.165, 1.54) is 11.3 Å². The number of fused-ring (bicyclic) bond motifs is 1. The molecule has 1 aromatic heterocycles. The molecule has 5 nitrogen and oxygen atoms in total. The number of hydrogen-bond donors (Lipinski definition) is 1. The van der Waals surface area contributed by atoms with Crippen molar-refractivity contribution in [2.45, 2.75) is 26.4 Å². The lowest BCUT2D eigenvalue weighted by atomic mass is 10.0. The van der Waals surface area contributed by atoms with Crippen LogP contribution < -0.4 is 10.1 Å². The predicted octanol–water partition coefficient (Wildman–Crippen LogP) is 5.97. The topological polar surface area (TPSA) is 60.5 Å². The Morgan fingerprint density at radius 3 is 2.54 bits per heavy atom. The first kappa shape index (κ1) is 18.5. The molecular formula is C19H19ClN2O3S. The van der Waals surface area contributed by atoms with E-state index in [0.29, 0.717) is 15.9 Å². The van der Waals surface area contributed by atoms with Gasteiger partial charge in [-0.25, -0.2) is 9.78 Å². The summed E-state index contributed by atoms with van der Waals surface area (Å²) in [5, 5.41) is 3.70. The van der Waals surface area contributed by atoms with Crippen LogP contribution in [0, 0.1) is 0 Å². The zero-order chi connectivity index (χ0) is 18.9. The van der Waals surface area contributed by atoms with E-state index in [1.54, 1.807) is 7.11 Å². The number of amides is 1. The third-order valence-corrected chi connectivity index (χ3v) is 4.91. The number of nitrogens with one attached hydrogen (secondary N) is 1. The third-order valence-electron chi connectivity index (χ3n) is 3.50. The average molecular weight is 391 g/mol. The first-order chi connectivity index (χ1) is 12.3. The number of nitrogens with zero attached hydrogens (tertiary/aromatic N) is 1. The minimum Gasteiger partial charge on any atom is -0.495 e. The number of rotatable bonds is 3. The molecule has 136 valence electrons. The highest BCUT2D eigenvalue weighted by molar-refractivity contribution is 7.22. The summed E-state index contributed by atoms with van der Waals surface area (Å²) in [7, 11) is 1.58. The van der Waals surface area contributed by atoms with Gasteiger partial charge < -0.3 is 9.47 Å². The van der Waals surface area contributed by atoms with E-state index in [9.17, 15) is 4.79 Å². The number of carbonyl (C=O) groups excluding carboxylic acids is 1. The zero-order valence-electron chi connectivity index (χ0n) is 14.9. The quantitative estimate of drug-likeness (QED) is 0.598. The average Bonchev–Trinajstić information content (AvgIpc) is 2.95. The highest BCUT2D eigenvalue weighted by atomic mass is 35.5. The van der Waals surface area contributed by atoms with Crippen LogP contribution in [-0.2, 0) is 4.74 Å². The maximum absolute atomic E-state index is 12.0. The fourth-order valence-electron chi connectivity index (χ4n) is 2.48. The summed E-state index contributed by atoms with van der Waals surface area (Å²) in [4.78, 5) is 16.5. The highest BCUT2D eigenvalue weighted by Gasteiger charge is 2.19. The van der Waals surface area contributed by atoms with Crippen molar-refractivity contribution in [3.8, 4) is 16.9 Å². The van der Waals surface area contributed by atoms with Gasteiger partial charge in [0.15, 0.2) is 5.13 Å². The van der Waals surface area contributed by atoms with Crippen LogP contribution in [0.15, 0.2) is 36.4 Å². The van der Waals surface area contributed by atoms with Crippen LogP contribution in [0.2, 0.25) is 5.02 Å². The van der Waals surface area contributed by atoms with Crippen molar-refractivity contribution >= 4 is 44.4 Å². The molecule has 1 heterocycles. The number of methoxy groups -OCH3 is 1. The van der Waals surface area contributed by atoms with Crippen LogP contribution in [0.1, 0.15) is 20.8 Å². The van der Waals surface area contributed by atoms with Gasteiger partial charge >= 0.3 is 6.09 Å². The zero-order valence-corrected chi connectivity index (χ0v) is 16.5. The van der Waals surface area contributed by atoms with Gasteiger partial charge in [0.1, 0.15) is 11.4 Å². The molecule has 0 spiro atoms. The highest BCUT2D eigenvalue weighted by Crippen LogP contribution is 2.41. The maximum atomic E-state index is 12.0. The van der Waals surface area contributed by atoms with E-state index in [2.05, 4.69) is 10.3 Å². The maximum Gasteiger partial charge on any atom is 0.413 e. The standard InChI is InChI=1S/C19H19ClN2O3S/c1-19(2,3)25-18(23)22-17-21-13-9-5-8-12(16(13)26-17)11-7-6-10-14(24-4)15(11)20/h5-10H,1-4H3,(H,21,22,23). The molecule has 0 saturated heterocycles. The molecule has 0 fully saturated rings. The molecule has 0 aliphatic rings.